The quantitative estimate of drug-likeness (QED) is 0.406. The van der Waals surface area contributed by atoms with Crippen molar-refractivity contribution < 1.29 is 18.7 Å². The van der Waals surface area contributed by atoms with Gasteiger partial charge in [-0.1, -0.05) is 31.4 Å². The van der Waals surface area contributed by atoms with Gasteiger partial charge in [0.2, 0.25) is 5.91 Å². The molecule has 0 spiro atoms. The number of aryl methyl sites for hydroxylation is 2. The van der Waals surface area contributed by atoms with Crippen LogP contribution in [0.3, 0.4) is 0 Å². The van der Waals surface area contributed by atoms with Crippen molar-refractivity contribution in [2.45, 2.75) is 58.9 Å². The molecule has 34 heavy (non-hydrogen) atoms. The van der Waals surface area contributed by atoms with Gasteiger partial charge in [0.15, 0.2) is 11.9 Å². The van der Waals surface area contributed by atoms with Gasteiger partial charge in [0.1, 0.15) is 11.8 Å². The maximum absolute atomic E-state index is 13.3. The summed E-state index contributed by atoms with van der Waals surface area (Å²) in [7, 11) is 0. The molecule has 1 fully saturated rings. The van der Waals surface area contributed by atoms with E-state index in [0.29, 0.717) is 22.7 Å². The number of nitrogens with zero attached hydrogens (tertiary/aromatic N) is 1. The Morgan fingerprint density at radius 3 is 2.38 bits per heavy atom. The van der Waals surface area contributed by atoms with Gasteiger partial charge >= 0.3 is 0 Å². The van der Waals surface area contributed by atoms with Crippen LogP contribution in [0.2, 0.25) is 0 Å². The molecule has 1 saturated carbocycles. The highest BCUT2D eigenvalue weighted by Crippen LogP contribution is 2.29. The number of hydrogen-bond donors (Lipinski definition) is 2. The Hall–Kier alpha value is -3.61. The summed E-state index contributed by atoms with van der Waals surface area (Å²) in [5, 5.41) is 18.0. The molecule has 0 aliphatic heterocycles. The van der Waals surface area contributed by atoms with Gasteiger partial charge in [0.25, 0.3) is 5.91 Å². The molecule has 2 heterocycles. The topological polar surface area (TPSA) is 98.3 Å². The summed E-state index contributed by atoms with van der Waals surface area (Å²) in [6, 6.07) is 10.2. The molecule has 1 aliphatic rings. The first-order valence-electron chi connectivity index (χ1n) is 11.8. The number of carbonyl (C=O) groups is 2. The summed E-state index contributed by atoms with van der Waals surface area (Å²) in [4.78, 5) is 26.2. The van der Waals surface area contributed by atoms with Crippen LogP contribution in [-0.2, 0) is 4.79 Å². The Bertz CT molecular complexity index is 1180. The zero-order valence-electron chi connectivity index (χ0n) is 19.9. The number of aromatic nitrogens is 1. The smallest absolute Gasteiger partial charge is 0.255 e. The number of anilines is 1. The number of amides is 2. The Kier molecular flexibility index (Phi) is 7.01. The van der Waals surface area contributed by atoms with E-state index in [4.69, 9.17) is 4.42 Å². The predicted molar refractivity (Wildman–Crippen MR) is 130 cm³/mol. The number of furan rings is 1. The van der Waals surface area contributed by atoms with E-state index >= 15 is 0 Å². The zero-order valence-corrected chi connectivity index (χ0v) is 19.9. The van der Waals surface area contributed by atoms with E-state index in [1.54, 1.807) is 26.0 Å². The lowest BCUT2D eigenvalue weighted by atomic mass is 9.83. The molecule has 7 heteroatoms. The molecule has 0 unspecified atom stereocenters. The van der Waals surface area contributed by atoms with Crippen molar-refractivity contribution in [3.05, 3.63) is 76.6 Å². The number of benzene rings is 1. The fraction of sp³-hybridized carbons (Fsp3) is 0.370. The van der Waals surface area contributed by atoms with Gasteiger partial charge in [-0.25, -0.2) is 0 Å². The normalized spacial score (nSPS) is 15.0. The number of hydrogen-bond acceptors (Lipinski definition) is 4. The molecule has 2 amide bonds. The average Bonchev–Trinajstić information content (AvgIpc) is 3.27. The minimum absolute atomic E-state index is 0.0892. The number of pyridine rings is 1. The molecular weight excluding hydrogens is 430 g/mol. The second-order valence-electron chi connectivity index (χ2n) is 9.09. The van der Waals surface area contributed by atoms with Crippen LogP contribution >= 0.6 is 0 Å². The third kappa shape index (κ3) is 4.98. The lowest BCUT2D eigenvalue weighted by Crippen LogP contribution is -2.49. The highest BCUT2D eigenvalue weighted by Gasteiger charge is 2.32. The van der Waals surface area contributed by atoms with E-state index in [0.717, 1.165) is 53.5 Å². The molecule has 3 aromatic rings. The molecule has 0 saturated heterocycles. The van der Waals surface area contributed by atoms with Crippen molar-refractivity contribution in [3.63, 3.8) is 0 Å². The van der Waals surface area contributed by atoms with Gasteiger partial charge in [0.05, 0.1) is 17.4 Å². The average molecular weight is 462 g/mol. The van der Waals surface area contributed by atoms with E-state index in [1.807, 2.05) is 31.2 Å². The van der Waals surface area contributed by atoms with Gasteiger partial charge in [-0.05, 0) is 61.9 Å². The lowest BCUT2D eigenvalue weighted by molar-refractivity contribution is -0.611. The van der Waals surface area contributed by atoms with Gasteiger partial charge in [0, 0.05) is 18.7 Å². The van der Waals surface area contributed by atoms with Gasteiger partial charge in [-0.2, -0.15) is 4.73 Å². The van der Waals surface area contributed by atoms with Crippen LogP contribution in [0, 0.1) is 31.9 Å². The molecule has 1 atom stereocenters. The summed E-state index contributed by atoms with van der Waals surface area (Å²) in [6.07, 6.45) is 8.06. The van der Waals surface area contributed by atoms with Crippen LogP contribution in [0.1, 0.15) is 59.5 Å². The fourth-order valence-corrected chi connectivity index (χ4v) is 4.85. The van der Waals surface area contributed by atoms with Crippen molar-refractivity contribution in [1.82, 2.24) is 5.32 Å². The first kappa shape index (κ1) is 23.5. The highest BCUT2D eigenvalue weighted by atomic mass is 16.5. The van der Waals surface area contributed by atoms with E-state index in [-0.39, 0.29) is 17.7 Å². The Balaban J connectivity index is 1.52. The van der Waals surface area contributed by atoms with Crippen molar-refractivity contribution in [2.24, 2.45) is 5.92 Å². The molecule has 0 bridgehead atoms. The number of carbonyl (C=O) groups excluding carboxylic acids is 2. The fourth-order valence-electron chi connectivity index (χ4n) is 4.85. The minimum Gasteiger partial charge on any atom is -0.618 e. The minimum atomic E-state index is -0.625. The van der Waals surface area contributed by atoms with Gasteiger partial charge in [-0.15, -0.1) is 0 Å². The first-order valence-corrected chi connectivity index (χ1v) is 11.8. The number of rotatable bonds is 6. The van der Waals surface area contributed by atoms with Crippen molar-refractivity contribution in [1.29, 1.82) is 0 Å². The lowest BCUT2D eigenvalue weighted by Gasteiger charge is -2.30. The maximum Gasteiger partial charge on any atom is 0.255 e. The van der Waals surface area contributed by atoms with Crippen molar-refractivity contribution in [2.75, 3.05) is 5.32 Å². The summed E-state index contributed by atoms with van der Waals surface area (Å²) in [5.74, 6) is 0.0972. The Morgan fingerprint density at radius 2 is 1.74 bits per heavy atom. The molecule has 2 aromatic heterocycles. The highest BCUT2D eigenvalue weighted by molar-refractivity contribution is 6.01. The maximum atomic E-state index is 13.3. The molecular formula is C27H31N3O4. The van der Waals surface area contributed by atoms with Crippen LogP contribution in [-0.4, -0.2) is 17.9 Å². The van der Waals surface area contributed by atoms with Crippen molar-refractivity contribution >= 4 is 17.5 Å². The van der Waals surface area contributed by atoms with Crippen LogP contribution in [0.25, 0.3) is 11.1 Å². The second-order valence-corrected chi connectivity index (χ2v) is 9.09. The summed E-state index contributed by atoms with van der Waals surface area (Å²) in [5.41, 5.74) is 4.53. The zero-order chi connectivity index (χ0) is 24.2. The van der Waals surface area contributed by atoms with Crippen molar-refractivity contribution in [3.8, 4) is 11.1 Å². The van der Waals surface area contributed by atoms with Crippen LogP contribution in [0.5, 0.6) is 0 Å². The van der Waals surface area contributed by atoms with E-state index in [2.05, 4.69) is 10.6 Å². The molecule has 1 aliphatic carbocycles. The van der Waals surface area contributed by atoms with Gasteiger partial charge < -0.3 is 20.3 Å². The van der Waals surface area contributed by atoms with Crippen LogP contribution in [0.15, 0.2) is 53.3 Å². The summed E-state index contributed by atoms with van der Waals surface area (Å²) in [6.45, 7) is 5.50. The monoisotopic (exact) mass is 461 g/mol. The standard InChI is InChI=1S/C27H31N3O4/c1-17-13-15-30(33)18(2)24(17)20-9-11-22(12-10-20)28-27(32)25(21-7-5-4-6-8-21)29-26(31)23-14-16-34-19(23)3/h9-16,21,25H,4-8H2,1-3H3,(H,28,32)(H,29,31)/t25-/m0/s1. The Morgan fingerprint density at radius 1 is 1.03 bits per heavy atom. The Labute approximate surface area is 199 Å². The van der Waals surface area contributed by atoms with E-state index in [9.17, 15) is 14.8 Å². The molecule has 7 nitrogen and oxygen atoms in total. The third-order valence-corrected chi connectivity index (χ3v) is 6.78. The van der Waals surface area contributed by atoms with E-state index < -0.39 is 6.04 Å². The molecule has 1 aromatic carbocycles. The molecule has 0 radical (unpaired) electrons. The predicted octanol–water partition coefficient (Wildman–Crippen LogP) is 4.82. The van der Waals surface area contributed by atoms with Crippen LogP contribution in [0.4, 0.5) is 5.69 Å². The summed E-state index contributed by atoms with van der Waals surface area (Å²) >= 11 is 0. The van der Waals surface area contributed by atoms with Crippen LogP contribution < -0.4 is 15.4 Å². The third-order valence-electron chi connectivity index (χ3n) is 6.78. The molecule has 178 valence electrons. The van der Waals surface area contributed by atoms with E-state index in [1.165, 1.54) is 12.5 Å². The molecule has 4 rings (SSSR count). The SMILES string of the molecule is Cc1cc[n+]([O-])c(C)c1-c1ccc(NC(=O)[C@@H](NC(=O)c2ccoc2C)C2CCCCC2)cc1. The largest absolute Gasteiger partial charge is 0.618 e. The summed E-state index contributed by atoms with van der Waals surface area (Å²) < 4.78 is 6.12. The number of nitrogens with one attached hydrogen (secondary N) is 2. The first-order chi connectivity index (χ1) is 16.3. The van der Waals surface area contributed by atoms with Gasteiger partial charge in [-0.3, -0.25) is 9.59 Å². The second kappa shape index (κ2) is 10.1. The molecule has 2 N–H and O–H groups in total.